The van der Waals surface area contributed by atoms with E-state index in [9.17, 15) is 19.7 Å². The lowest BCUT2D eigenvalue weighted by Gasteiger charge is -2.06. The zero-order chi connectivity index (χ0) is 19.3. The lowest BCUT2D eigenvalue weighted by molar-refractivity contribution is -0.384. The second-order valence-corrected chi connectivity index (χ2v) is 5.73. The molecule has 2 aromatic carbocycles. The number of carbonyl (C=O) groups is 2. The van der Waals surface area contributed by atoms with Crippen LogP contribution in [0.2, 0.25) is 5.02 Å². The van der Waals surface area contributed by atoms with E-state index in [2.05, 4.69) is 15.8 Å². The van der Waals surface area contributed by atoms with Gasteiger partial charge in [-0.15, -0.1) is 0 Å². The largest absolute Gasteiger partial charge is 0.326 e. The maximum atomic E-state index is 12.1. The molecule has 0 saturated carbocycles. The van der Waals surface area contributed by atoms with Crippen molar-refractivity contribution >= 4 is 40.5 Å². The molecule has 0 spiro atoms. The van der Waals surface area contributed by atoms with Gasteiger partial charge >= 0.3 is 0 Å². The molecule has 0 aliphatic heterocycles. The first-order chi connectivity index (χ1) is 12.3. The van der Waals surface area contributed by atoms with Gasteiger partial charge in [0.1, 0.15) is 5.02 Å². The molecule has 0 aromatic heterocycles. The SMILES string of the molecule is CC(=O)Nc1cccc(/C(C)=N\NC(=O)c2ccc(Cl)c([N+](=O)[O-])c2)c1. The highest BCUT2D eigenvalue weighted by molar-refractivity contribution is 6.32. The number of benzene rings is 2. The Morgan fingerprint density at radius 3 is 2.50 bits per heavy atom. The molecule has 0 radical (unpaired) electrons. The minimum Gasteiger partial charge on any atom is -0.326 e. The van der Waals surface area contributed by atoms with Gasteiger partial charge in [-0.2, -0.15) is 5.10 Å². The van der Waals surface area contributed by atoms with Gasteiger partial charge in [-0.1, -0.05) is 23.7 Å². The van der Waals surface area contributed by atoms with Crippen molar-refractivity contribution in [1.29, 1.82) is 0 Å². The van der Waals surface area contributed by atoms with Crippen LogP contribution in [-0.4, -0.2) is 22.4 Å². The molecule has 0 atom stereocenters. The van der Waals surface area contributed by atoms with E-state index < -0.39 is 10.8 Å². The Morgan fingerprint density at radius 1 is 1.12 bits per heavy atom. The Morgan fingerprint density at radius 2 is 1.85 bits per heavy atom. The molecule has 0 unspecified atom stereocenters. The summed E-state index contributed by atoms with van der Waals surface area (Å²) in [6, 6.07) is 10.7. The van der Waals surface area contributed by atoms with Crippen molar-refractivity contribution in [3.05, 3.63) is 68.7 Å². The van der Waals surface area contributed by atoms with Crippen molar-refractivity contribution in [2.45, 2.75) is 13.8 Å². The van der Waals surface area contributed by atoms with Gasteiger partial charge in [-0.3, -0.25) is 19.7 Å². The number of nitro benzene ring substituents is 1. The van der Waals surface area contributed by atoms with Crippen LogP contribution in [0.3, 0.4) is 0 Å². The first-order valence-electron chi connectivity index (χ1n) is 7.44. The minimum absolute atomic E-state index is 0.0546. The summed E-state index contributed by atoms with van der Waals surface area (Å²) in [6.07, 6.45) is 0. The lowest BCUT2D eigenvalue weighted by atomic mass is 10.1. The summed E-state index contributed by atoms with van der Waals surface area (Å²) in [7, 11) is 0. The second kappa shape index (κ2) is 8.21. The number of hydrogen-bond donors (Lipinski definition) is 2. The van der Waals surface area contributed by atoms with Crippen LogP contribution < -0.4 is 10.7 Å². The summed E-state index contributed by atoms with van der Waals surface area (Å²) in [5.74, 6) is -0.809. The molecule has 134 valence electrons. The number of hydrogen-bond acceptors (Lipinski definition) is 5. The number of carbonyl (C=O) groups excluding carboxylic acids is 2. The molecule has 0 heterocycles. The van der Waals surface area contributed by atoms with Crippen LogP contribution in [0, 0.1) is 10.1 Å². The molecule has 2 amide bonds. The molecule has 0 aliphatic rings. The van der Waals surface area contributed by atoms with E-state index >= 15 is 0 Å². The number of halogens is 1. The standard InChI is InChI=1S/C17H15ClN4O4/c1-10(12-4-3-5-14(8-12)19-11(2)23)20-21-17(24)13-6-7-15(18)16(9-13)22(25)26/h3-9H,1-2H3,(H,19,23)(H,21,24)/b20-10-. The van der Waals surface area contributed by atoms with Crippen LogP contribution in [0.25, 0.3) is 0 Å². The third-order valence-electron chi connectivity index (χ3n) is 3.33. The molecule has 8 nitrogen and oxygen atoms in total. The van der Waals surface area contributed by atoms with E-state index in [1.165, 1.54) is 19.1 Å². The summed E-state index contributed by atoms with van der Waals surface area (Å²) in [5.41, 5.74) is 3.83. The van der Waals surface area contributed by atoms with Crippen LogP contribution in [-0.2, 0) is 4.79 Å². The molecular formula is C17H15ClN4O4. The van der Waals surface area contributed by atoms with Gasteiger partial charge in [-0.25, -0.2) is 5.43 Å². The Hall–Kier alpha value is -3.26. The average Bonchev–Trinajstić information content (AvgIpc) is 2.59. The van der Waals surface area contributed by atoms with Gasteiger partial charge in [0.25, 0.3) is 11.6 Å². The van der Waals surface area contributed by atoms with Crippen molar-refractivity contribution in [1.82, 2.24) is 5.43 Å². The van der Waals surface area contributed by atoms with E-state index in [1.54, 1.807) is 31.2 Å². The monoisotopic (exact) mass is 374 g/mol. The van der Waals surface area contributed by atoms with Crippen LogP contribution in [0.1, 0.15) is 29.8 Å². The molecule has 2 aromatic rings. The van der Waals surface area contributed by atoms with Gasteiger partial charge in [0, 0.05) is 24.2 Å². The first-order valence-corrected chi connectivity index (χ1v) is 7.82. The van der Waals surface area contributed by atoms with Crippen LogP contribution >= 0.6 is 11.6 Å². The number of rotatable bonds is 5. The van der Waals surface area contributed by atoms with Gasteiger partial charge in [0.05, 0.1) is 10.6 Å². The summed E-state index contributed by atoms with van der Waals surface area (Å²) >= 11 is 5.72. The summed E-state index contributed by atoms with van der Waals surface area (Å²) in [6.45, 7) is 3.08. The van der Waals surface area contributed by atoms with E-state index in [-0.39, 0.29) is 22.2 Å². The molecule has 0 aliphatic carbocycles. The van der Waals surface area contributed by atoms with E-state index in [1.807, 2.05) is 0 Å². The normalized spacial score (nSPS) is 11.0. The zero-order valence-corrected chi connectivity index (χ0v) is 14.7. The Balaban J connectivity index is 2.16. The fourth-order valence-corrected chi connectivity index (χ4v) is 2.27. The maximum absolute atomic E-state index is 12.1. The summed E-state index contributed by atoms with van der Waals surface area (Å²) < 4.78 is 0. The number of nitro groups is 1. The van der Waals surface area contributed by atoms with E-state index in [0.717, 1.165) is 6.07 Å². The van der Waals surface area contributed by atoms with Crippen molar-refractivity contribution in [3.8, 4) is 0 Å². The van der Waals surface area contributed by atoms with Crippen LogP contribution in [0.5, 0.6) is 0 Å². The zero-order valence-electron chi connectivity index (χ0n) is 13.9. The molecular weight excluding hydrogens is 360 g/mol. The van der Waals surface area contributed by atoms with Crippen molar-refractivity contribution in [2.24, 2.45) is 5.10 Å². The molecule has 0 saturated heterocycles. The van der Waals surface area contributed by atoms with Gasteiger partial charge in [-0.05, 0) is 36.8 Å². The van der Waals surface area contributed by atoms with Gasteiger partial charge in [0.15, 0.2) is 0 Å². The van der Waals surface area contributed by atoms with Crippen molar-refractivity contribution < 1.29 is 14.5 Å². The quantitative estimate of drug-likeness (QED) is 0.474. The topological polar surface area (TPSA) is 114 Å². The van der Waals surface area contributed by atoms with E-state index in [4.69, 9.17) is 11.6 Å². The van der Waals surface area contributed by atoms with Crippen molar-refractivity contribution in [3.63, 3.8) is 0 Å². The third-order valence-corrected chi connectivity index (χ3v) is 3.65. The van der Waals surface area contributed by atoms with Gasteiger partial charge in [0.2, 0.25) is 5.91 Å². The Kier molecular flexibility index (Phi) is 6.03. The fourth-order valence-electron chi connectivity index (χ4n) is 2.08. The third kappa shape index (κ3) is 4.87. The molecule has 2 rings (SSSR count). The highest BCUT2D eigenvalue weighted by Crippen LogP contribution is 2.25. The van der Waals surface area contributed by atoms with Crippen LogP contribution in [0.4, 0.5) is 11.4 Å². The lowest BCUT2D eigenvalue weighted by Crippen LogP contribution is -2.19. The number of nitrogens with zero attached hydrogens (tertiary/aromatic N) is 2. The maximum Gasteiger partial charge on any atom is 0.288 e. The number of hydrazone groups is 1. The Labute approximate surface area is 154 Å². The highest BCUT2D eigenvalue weighted by Gasteiger charge is 2.16. The smallest absolute Gasteiger partial charge is 0.288 e. The molecule has 2 N–H and O–H groups in total. The summed E-state index contributed by atoms with van der Waals surface area (Å²) in [5, 5.41) is 17.5. The van der Waals surface area contributed by atoms with Gasteiger partial charge < -0.3 is 5.32 Å². The van der Waals surface area contributed by atoms with Crippen LogP contribution in [0.15, 0.2) is 47.6 Å². The minimum atomic E-state index is -0.666. The average molecular weight is 375 g/mol. The second-order valence-electron chi connectivity index (χ2n) is 5.32. The predicted molar refractivity (Wildman–Crippen MR) is 98.5 cm³/mol. The molecule has 26 heavy (non-hydrogen) atoms. The Bertz CT molecular complexity index is 911. The number of amides is 2. The van der Waals surface area contributed by atoms with E-state index in [0.29, 0.717) is 17.0 Å². The number of anilines is 1. The summed E-state index contributed by atoms with van der Waals surface area (Å²) in [4.78, 5) is 33.5. The predicted octanol–water partition coefficient (Wildman–Crippen LogP) is 3.36. The number of nitrogens with one attached hydrogen (secondary N) is 2. The first kappa shape index (κ1) is 19.1. The highest BCUT2D eigenvalue weighted by atomic mass is 35.5. The van der Waals surface area contributed by atoms with Crippen molar-refractivity contribution in [2.75, 3.05) is 5.32 Å². The molecule has 9 heteroatoms. The molecule has 0 fully saturated rings. The fraction of sp³-hybridized carbons (Fsp3) is 0.118. The molecule has 0 bridgehead atoms.